The van der Waals surface area contributed by atoms with Crippen molar-refractivity contribution in [3.63, 3.8) is 0 Å². The Morgan fingerprint density at radius 2 is 2.05 bits per heavy atom. The van der Waals surface area contributed by atoms with Crippen molar-refractivity contribution in [1.82, 2.24) is 5.06 Å². The maximum absolute atomic E-state index is 6.03. The standard InChI is InChI=1S/C14H20ClN5O2/c1-4-21-11-6-5-10(15)7-9(11)8-22-20-13(17)18-12(16)19-14(20,2)3/h5-7H,4,8H2,1-3H3,(H4,16,17,18,19). The molecule has 0 bridgehead atoms. The predicted octanol–water partition coefficient (Wildman–Crippen LogP) is 1.85. The third-order valence-corrected chi connectivity index (χ3v) is 3.23. The van der Waals surface area contributed by atoms with Crippen molar-refractivity contribution in [3.8, 4) is 5.75 Å². The molecule has 22 heavy (non-hydrogen) atoms. The van der Waals surface area contributed by atoms with Crippen LogP contribution in [0, 0.1) is 0 Å². The van der Waals surface area contributed by atoms with Crippen molar-refractivity contribution in [2.75, 3.05) is 6.61 Å². The summed E-state index contributed by atoms with van der Waals surface area (Å²) in [5.41, 5.74) is 11.5. The lowest BCUT2D eigenvalue weighted by Gasteiger charge is -2.36. The summed E-state index contributed by atoms with van der Waals surface area (Å²) in [6.07, 6.45) is 0. The van der Waals surface area contributed by atoms with Gasteiger partial charge in [0, 0.05) is 10.6 Å². The molecule has 120 valence electrons. The first-order chi connectivity index (χ1) is 10.3. The second-order valence-corrected chi connectivity index (χ2v) is 5.62. The van der Waals surface area contributed by atoms with Gasteiger partial charge in [0.15, 0.2) is 5.66 Å². The van der Waals surface area contributed by atoms with E-state index in [1.807, 2.05) is 20.8 Å². The van der Waals surface area contributed by atoms with Gasteiger partial charge in [-0.2, -0.15) is 10.1 Å². The molecule has 1 heterocycles. The van der Waals surface area contributed by atoms with Gasteiger partial charge in [-0.25, -0.2) is 4.99 Å². The highest BCUT2D eigenvalue weighted by Crippen LogP contribution is 2.26. The van der Waals surface area contributed by atoms with Crippen LogP contribution in [0.3, 0.4) is 0 Å². The Morgan fingerprint density at radius 1 is 1.32 bits per heavy atom. The molecule has 2 rings (SSSR count). The molecular formula is C14H20ClN5O2. The van der Waals surface area contributed by atoms with Crippen LogP contribution in [0.5, 0.6) is 5.75 Å². The van der Waals surface area contributed by atoms with Gasteiger partial charge in [0.25, 0.3) is 0 Å². The summed E-state index contributed by atoms with van der Waals surface area (Å²) in [7, 11) is 0. The van der Waals surface area contributed by atoms with E-state index >= 15 is 0 Å². The second kappa shape index (κ2) is 6.41. The summed E-state index contributed by atoms with van der Waals surface area (Å²) >= 11 is 6.03. The average molecular weight is 326 g/mol. The number of benzene rings is 1. The molecule has 0 spiro atoms. The van der Waals surface area contributed by atoms with E-state index < -0.39 is 5.66 Å². The SMILES string of the molecule is CCOc1ccc(Cl)cc1CON1C(N)=NC(N)=NC1(C)C. The van der Waals surface area contributed by atoms with Crippen molar-refractivity contribution < 1.29 is 9.57 Å². The Labute approximate surface area is 134 Å². The number of guanidine groups is 2. The normalized spacial score (nSPS) is 17.0. The minimum atomic E-state index is -0.750. The first kappa shape index (κ1) is 16.4. The smallest absolute Gasteiger partial charge is 0.226 e. The van der Waals surface area contributed by atoms with Crippen molar-refractivity contribution >= 4 is 23.5 Å². The molecule has 8 heteroatoms. The van der Waals surface area contributed by atoms with E-state index in [0.717, 1.165) is 5.56 Å². The van der Waals surface area contributed by atoms with Crippen molar-refractivity contribution in [3.05, 3.63) is 28.8 Å². The Morgan fingerprint density at radius 3 is 2.68 bits per heavy atom. The number of ether oxygens (including phenoxy) is 1. The van der Waals surface area contributed by atoms with Crippen LogP contribution < -0.4 is 16.2 Å². The van der Waals surface area contributed by atoms with Crippen LogP contribution in [0.15, 0.2) is 28.2 Å². The molecule has 0 saturated carbocycles. The predicted molar refractivity (Wildman–Crippen MR) is 86.6 cm³/mol. The highest BCUT2D eigenvalue weighted by atomic mass is 35.5. The van der Waals surface area contributed by atoms with E-state index in [1.165, 1.54) is 5.06 Å². The van der Waals surface area contributed by atoms with E-state index in [-0.39, 0.29) is 18.5 Å². The van der Waals surface area contributed by atoms with Crippen LogP contribution in [0.2, 0.25) is 5.02 Å². The lowest BCUT2D eigenvalue weighted by atomic mass is 10.2. The van der Waals surface area contributed by atoms with E-state index in [2.05, 4.69) is 9.98 Å². The summed E-state index contributed by atoms with van der Waals surface area (Å²) in [5.74, 6) is 0.984. The summed E-state index contributed by atoms with van der Waals surface area (Å²) < 4.78 is 5.56. The van der Waals surface area contributed by atoms with Crippen molar-refractivity contribution in [1.29, 1.82) is 0 Å². The quantitative estimate of drug-likeness (QED) is 0.860. The van der Waals surface area contributed by atoms with E-state index in [9.17, 15) is 0 Å². The number of hydrogen-bond donors (Lipinski definition) is 2. The number of halogens is 1. The zero-order valence-corrected chi connectivity index (χ0v) is 13.6. The molecule has 0 radical (unpaired) electrons. The molecule has 1 aliphatic heterocycles. The zero-order valence-electron chi connectivity index (χ0n) is 12.8. The van der Waals surface area contributed by atoms with Gasteiger partial charge in [0.05, 0.1) is 6.61 Å². The van der Waals surface area contributed by atoms with Gasteiger partial charge >= 0.3 is 0 Å². The van der Waals surface area contributed by atoms with Gasteiger partial charge in [-0.05, 0) is 39.0 Å². The summed E-state index contributed by atoms with van der Waals surface area (Å²) in [5, 5.41) is 2.02. The molecule has 0 fully saturated rings. The van der Waals surface area contributed by atoms with E-state index in [1.54, 1.807) is 18.2 Å². The van der Waals surface area contributed by atoms with Gasteiger partial charge in [0.2, 0.25) is 11.9 Å². The second-order valence-electron chi connectivity index (χ2n) is 5.19. The maximum Gasteiger partial charge on any atom is 0.226 e. The highest BCUT2D eigenvalue weighted by Gasteiger charge is 2.33. The molecule has 1 aromatic rings. The third kappa shape index (κ3) is 3.61. The molecule has 0 aromatic heterocycles. The lowest BCUT2D eigenvalue weighted by Crippen LogP contribution is -2.53. The van der Waals surface area contributed by atoms with Crippen molar-refractivity contribution in [2.24, 2.45) is 21.5 Å². The molecule has 1 aliphatic rings. The van der Waals surface area contributed by atoms with Gasteiger partial charge in [-0.15, -0.1) is 0 Å². The first-order valence-electron chi connectivity index (χ1n) is 6.87. The van der Waals surface area contributed by atoms with Gasteiger partial charge in [-0.3, -0.25) is 4.84 Å². The van der Waals surface area contributed by atoms with Crippen LogP contribution in [0.1, 0.15) is 26.3 Å². The molecular weight excluding hydrogens is 306 g/mol. The average Bonchev–Trinajstić information content (AvgIpc) is 2.39. The molecule has 4 N–H and O–H groups in total. The topological polar surface area (TPSA) is 98.5 Å². The van der Waals surface area contributed by atoms with Gasteiger partial charge < -0.3 is 16.2 Å². The molecule has 7 nitrogen and oxygen atoms in total. The Bertz CT molecular complexity index is 615. The third-order valence-electron chi connectivity index (χ3n) is 2.99. The Balaban J connectivity index is 2.16. The number of hydroxylamine groups is 2. The first-order valence-corrected chi connectivity index (χ1v) is 7.25. The summed E-state index contributed by atoms with van der Waals surface area (Å²) in [4.78, 5) is 13.9. The number of hydrogen-bond acceptors (Lipinski definition) is 7. The molecule has 0 atom stereocenters. The number of aliphatic imine (C=N–C) groups is 2. The largest absolute Gasteiger partial charge is 0.494 e. The minimum absolute atomic E-state index is 0.125. The molecule has 0 unspecified atom stereocenters. The number of rotatable bonds is 5. The van der Waals surface area contributed by atoms with Crippen LogP contribution in [-0.4, -0.2) is 29.3 Å². The highest BCUT2D eigenvalue weighted by molar-refractivity contribution is 6.30. The molecule has 0 saturated heterocycles. The fraction of sp³-hybridized carbons (Fsp3) is 0.429. The minimum Gasteiger partial charge on any atom is -0.494 e. The molecule has 1 aromatic carbocycles. The fourth-order valence-electron chi connectivity index (χ4n) is 2.11. The van der Waals surface area contributed by atoms with E-state index in [4.69, 9.17) is 32.6 Å². The van der Waals surface area contributed by atoms with Crippen molar-refractivity contribution in [2.45, 2.75) is 33.0 Å². The summed E-state index contributed by atoms with van der Waals surface area (Å²) in [6, 6.07) is 5.36. The molecule has 0 amide bonds. The van der Waals surface area contributed by atoms with Crippen LogP contribution in [0.25, 0.3) is 0 Å². The molecule has 0 aliphatic carbocycles. The van der Waals surface area contributed by atoms with Crippen LogP contribution in [-0.2, 0) is 11.4 Å². The monoisotopic (exact) mass is 325 g/mol. The van der Waals surface area contributed by atoms with E-state index in [0.29, 0.717) is 17.4 Å². The van der Waals surface area contributed by atoms with Gasteiger partial charge in [-0.1, -0.05) is 11.6 Å². The number of nitrogens with zero attached hydrogens (tertiary/aromatic N) is 3. The van der Waals surface area contributed by atoms with Crippen LogP contribution >= 0.6 is 11.6 Å². The Kier molecular flexibility index (Phi) is 4.77. The summed E-state index contributed by atoms with van der Waals surface area (Å²) in [6.45, 7) is 6.32. The number of nitrogens with two attached hydrogens (primary N) is 2. The van der Waals surface area contributed by atoms with Gasteiger partial charge in [0.1, 0.15) is 12.4 Å². The Hall–Kier alpha value is -1.99. The fourth-order valence-corrected chi connectivity index (χ4v) is 2.30. The maximum atomic E-state index is 6.03. The zero-order chi connectivity index (χ0) is 16.3. The van der Waals surface area contributed by atoms with Crippen LogP contribution in [0.4, 0.5) is 0 Å². The lowest BCUT2D eigenvalue weighted by molar-refractivity contribution is -0.167.